The predicted octanol–water partition coefficient (Wildman–Crippen LogP) is 4.23. The minimum atomic E-state index is 0.445. The van der Waals surface area contributed by atoms with Gasteiger partial charge in [0.05, 0.1) is 11.6 Å². The van der Waals surface area contributed by atoms with Crippen LogP contribution in [0.1, 0.15) is 46.1 Å². The average Bonchev–Trinajstić information content (AvgIpc) is 2.93. The molecule has 0 atom stereocenters. The Bertz CT molecular complexity index is 601. The normalized spacial score (nSPS) is 12.5. The molecule has 0 aromatic carbocycles. The topological polar surface area (TPSA) is 35.6 Å². The molecule has 4 nitrogen and oxygen atoms in total. The van der Waals surface area contributed by atoms with Crippen molar-refractivity contribution < 1.29 is 0 Å². The van der Waals surface area contributed by atoms with E-state index in [0.717, 1.165) is 35.8 Å². The van der Waals surface area contributed by atoms with Gasteiger partial charge in [0, 0.05) is 13.1 Å². The van der Waals surface area contributed by atoms with E-state index in [1.807, 2.05) is 11.6 Å². The summed E-state index contributed by atoms with van der Waals surface area (Å²) in [5.74, 6) is 3.26. The molecule has 2 rings (SSSR count). The van der Waals surface area contributed by atoms with Gasteiger partial charge in [0.1, 0.15) is 11.3 Å². The van der Waals surface area contributed by atoms with Gasteiger partial charge in [-0.25, -0.2) is 9.67 Å². The van der Waals surface area contributed by atoms with E-state index in [0.29, 0.717) is 23.6 Å². The third-order valence-corrected chi connectivity index (χ3v) is 4.64. The van der Waals surface area contributed by atoms with Crippen LogP contribution in [-0.2, 0) is 19.0 Å². The van der Waals surface area contributed by atoms with Crippen molar-refractivity contribution in [2.24, 2.45) is 17.8 Å². The first-order chi connectivity index (χ1) is 9.90. The first kappa shape index (κ1) is 16.3. The molecule has 0 spiro atoms. The minimum Gasteiger partial charge on any atom is -0.312 e. The SMILES string of the molecule is CCn1nc(C)c2nc(CCl)n(CC(C(C)C)C(C)C)c21. The first-order valence-electron chi connectivity index (χ1n) is 7.89. The van der Waals surface area contributed by atoms with Crippen LogP contribution in [-0.4, -0.2) is 19.3 Å². The molecule has 0 radical (unpaired) electrons. The van der Waals surface area contributed by atoms with Gasteiger partial charge in [0.15, 0.2) is 5.65 Å². The van der Waals surface area contributed by atoms with Crippen LogP contribution in [0.4, 0.5) is 0 Å². The third kappa shape index (κ3) is 2.96. The number of aromatic nitrogens is 4. The summed E-state index contributed by atoms with van der Waals surface area (Å²) in [5.41, 5.74) is 3.11. The second-order valence-corrected chi connectivity index (χ2v) is 6.76. The third-order valence-electron chi connectivity index (χ3n) is 4.40. The quantitative estimate of drug-likeness (QED) is 0.749. The largest absolute Gasteiger partial charge is 0.312 e. The fourth-order valence-corrected chi connectivity index (χ4v) is 3.39. The predicted molar refractivity (Wildman–Crippen MR) is 88.7 cm³/mol. The van der Waals surface area contributed by atoms with Gasteiger partial charge in [-0.05, 0) is 31.6 Å². The zero-order chi connectivity index (χ0) is 15.7. The van der Waals surface area contributed by atoms with Crippen LogP contribution in [0.3, 0.4) is 0 Å². The van der Waals surface area contributed by atoms with E-state index in [9.17, 15) is 0 Å². The molecule has 0 saturated carbocycles. The maximum atomic E-state index is 6.14. The van der Waals surface area contributed by atoms with E-state index in [2.05, 4.69) is 44.3 Å². The summed E-state index contributed by atoms with van der Waals surface area (Å²) in [7, 11) is 0. The van der Waals surface area contributed by atoms with Crippen molar-refractivity contribution in [3.8, 4) is 0 Å². The summed E-state index contributed by atoms with van der Waals surface area (Å²) in [6, 6.07) is 0. The van der Waals surface area contributed by atoms with Crippen molar-refractivity contribution in [3.63, 3.8) is 0 Å². The zero-order valence-corrected chi connectivity index (χ0v) is 14.8. The molecule has 2 heterocycles. The number of halogens is 1. The van der Waals surface area contributed by atoms with E-state index in [-0.39, 0.29) is 0 Å². The smallest absolute Gasteiger partial charge is 0.158 e. The summed E-state index contributed by atoms with van der Waals surface area (Å²) in [6.45, 7) is 15.1. The van der Waals surface area contributed by atoms with Crippen LogP contribution in [0.15, 0.2) is 0 Å². The van der Waals surface area contributed by atoms with E-state index >= 15 is 0 Å². The van der Waals surface area contributed by atoms with E-state index in [1.165, 1.54) is 0 Å². The Morgan fingerprint density at radius 1 is 1.14 bits per heavy atom. The lowest BCUT2D eigenvalue weighted by molar-refractivity contribution is 0.251. The van der Waals surface area contributed by atoms with Crippen LogP contribution in [0, 0.1) is 24.7 Å². The highest BCUT2D eigenvalue weighted by Gasteiger charge is 2.23. The molecular weight excluding hydrogens is 284 g/mol. The molecular formula is C16H27ClN4. The van der Waals surface area contributed by atoms with E-state index in [1.54, 1.807) is 0 Å². The van der Waals surface area contributed by atoms with E-state index < -0.39 is 0 Å². The first-order valence-corrected chi connectivity index (χ1v) is 8.42. The van der Waals surface area contributed by atoms with Gasteiger partial charge < -0.3 is 4.57 Å². The molecule has 0 saturated heterocycles. The lowest BCUT2D eigenvalue weighted by Crippen LogP contribution is -2.23. The Morgan fingerprint density at radius 2 is 1.76 bits per heavy atom. The van der Waals surface area contributed by atoms with Crippen molar-refractivity contribution in [2.75, 3.05) is 0 Å². The number of imidazole rings is 1. The highest BCUT2D eigenvalue weighted by molar-refractivity contribution is 6.16. The lowest BCUT2D eigenvalue weighted by Gasteiger charge is -2.26. The fourth-order valence-electron chi connectivity index (χ4n) is 3.19. The van der Waals surface area contributed by atoms with Crippen molar-refractivity contribution >= 4 is 22.8 Å². The molecule has 0 bridgehead atoms. The fraction of sp³-hybridized carbons (Fsp3) is 0.750. The standard InChI is InChI=1S/C16H27ClN4/c1-7-21-16-15(12(6)19-21)18-14(8-17)20(16)9-13(10(2)3)11(4)5/h10-11,13H,7-9H2,1-6H3. The van der Waals surface area contributed by atoms with E-state index in [4.69, 9.17) is 16.6 Å². The molecule has 2 aromatic rings. The number of aryl methyl sites for hydroxylation is 2. The maximum Gasteiger partial charge on any atom is 0.158 e. The number of nitrogens with zero attached hydrogens (tertiary/aromatic N) is 4. The van der Waals surface area contributed by atoms with Gasteiger partial charge in [-0.15, -0.1) is 11.6 Å². The van der Waals surface area contributed by atoms with Gasteiger partial charge in [-0.1, -0.05) is 27.7 Å². The lowest BCUT2D eigenvalue weighted by atomic mass is 9.85. The molecule has 0 fully saturated rings. The molecule has 0 amide bonds. The summed E-state index contributed by atoms with van der Waals surface area (Å²) in [5, 5.41) is 4.59. The summed E-state index contributed by atoms with van der Waals surface area (Å²) < 4.78 is 4.34. The van der Waals surface area contributed by atoms with Crippen LogP contribution < -0.4 is 0 Å². The van der Waals surface area contributed by atoms with Crippen LogP contribution in [0.5, 0.6) is 0 Å². The Kier molecular flexibility index (Phi) is 4.97. The Balaban J connectivity index is 2.55. The zero-order valence-electron chi connectivity index (χ0n) is 14.0. The average molecular weight is 311 g/mol. The highest BCUT2D eigenvalue weighted by atomic mass is 35.5. The monoisotopic (exact) mass is 310 g/mol. The van der Waals surface area contributed by atoms with Gasteiger partial charge in [-0.3, -0.25) is 0 Å². The van der Waals surface area contributed by atoms with Crippen molar-refractivity contribution in [2.45, 2.75) is 60.5 Å². The van der Waals surface area contributed by atoms with Crippen molar-refractivity contribution in [3.05, 3.63) is 11.5 Å². The number of rotatable bonds is 6. The molecule has 21 heavy (non-hydrogen) atoms. The number of hydrogen-bond acceptors (Lipinski definition) is 2. The minimum absolute atomic E-state index is 0.445. The molecule has 0 aliphatic carbocycles. The second-order valence-electron chi connectivity index (χ2n) is 6.50. The summed E-state index contributed by atoms with van der Waals surface area (Å²) in [6.07, 6.45) is 0. The molecule has 2 aromatic heterocycles. The van der Waals surface area contributed by atoms with Crippen LogP contribution >= 0.6 is 11.6 Å². The molecule has 0 unspecified atom stereocenters. The number of fused-ring (bicyclic) bond motifs is 1. The molecule has 0 aliphatic heterocycles. The number of alkyl halides is 1. The summed E-state index contributed by atoms with van der Waals surface area (Å²) in [4.78, 5) is 4.72. The Morgan fingerprint density at radius 3 is 2.24 bits per heavy atom. The van der Waals surface area contributed by atoms with Crippen LogP contribution in [0.25, 0.3) is 11.2 Å². The molecule has 0 aliphatic rings. The molecule has 0 N–H and O–H groups in total. The molecule has 118 valence electrons. The maximum absolute atomic E-state index is 6.14. The highest BCUT2D eigenvalue weighted by Crippen LogP contribution is 2.27. The van der Waals surface area contributed by atoms with Gasteiger partial charge >= 0.3 is 0 Å². The number of hydrogen-bond donors (Lipinski definition) is 0. The van der Waals surface area contributed by atoms with Gasteiger partial charge in [0.2, 0.25) is 0 Å². The van der Waals surface area contributed by atoms with Crippen molar-refractivity contribution in [1.29, 1.82) is 0 Å². The molecule has 5 heteroatoms. The van der Waals surface area contributed by atoms with Gasteiger partial charge in [0.25, 0.3) is 0 Å². The van der Waals surface area contributed by atoms with Gasteiger partial charge in [-0.2, -0.15) is 5.10 Å². The summed E-state index contributed by atoms with van der Waals surface area (Å²) >= 11 is 6.14. The Hall–Kier alpha value is -1.03. The van der Waals surface area contributed by atoms with Crippen molar-refractivity contribution in [1.82, 2.24) is 19.3 Å². The van der Waals surface area contributed by atoms with Crippen LogP contribution in [0.2, 0.25) is 0 Å². The Labute approximate surface area is 132 Å². The second kappa shape index (κ2) is 6.39.